The minimum absolute atomic E-state index is 0.0288. The number of benzene rings is 4. The van der Waals surface area contributed by atoms with E-state index in [0.717, 1.165) is 27.8 Å². The molecule has 1 unspecified atom stereocenters. The number of hydrogen-bond acceptors (Lipinski definition) is 6. The number of fused-ring (bicyclic) bond motifs is 3. The molecule has 0 aromatic heterocycles. The molecule has 10 nitrogen and oxygen atoms in total. The Hall–Kier alpha value is -5.64. The quantitative estimate of drug-likeness (QED) is 0.174. The van der Waals surface area contributed by atoms with Gasteiger partial charge in [0, 0.05) is 12.3 Å². The van der Waals surface area contributed by atoms with Crippen molar-refractivity contribution in [2.75, 3.05) is 6.61 Å². The minimum atomic E-state index is -1.75. The van der Waals surface area contributed by atoms with Crippen LogP contribution in [0.1, 0.15) is 28.2 Å². The van der Waals surface area contributed by atoms with Gasteiger partial charge in [-0.05, 0) is 39.4 Å². The lowest BCUT2D eigenvalue weighted by Crippen LogP contribution is -2.54. The van der Waals surface area contributed by atoms with Crippen LogP contribution in [-0.4, -0.2) is 41.6 Å². The summed E-state index contributed by atoms with van der Waals surface area (Å²) in [4.78, 5) is 48.9. The van der Waals surface area contributed by atoms with Crippen LogP contribution in [0.4, 0.5) is 4.79 Å². The third-order valence-corrected chi connectivity index (χ3v) is 7.08. The molecule has 4 aromatic rings. The average molecular weight is 580 g/mol. The Morgan fingerprint density at radius 1 is 0.744 bits per heavy atom. The van der Waals surface area contributed by atoms with Crippen LogP contribution in [0.5, 0.6) is 5.75 Å². The first-order valence-corrected chi connectivity index (χ1v) is 13.6. The molecule has 0 spiro atoms. The van der Waals surface area contributed by atoms with Gasteiger partial charge in [0.15, 0.2) is 0 Å². The molecule has 0 aliphatic heterocycles. The number of amides is 3. The number of para-hydroxylation sites is 1. The lowest BCUT2D eigenvalue weighted by atomic mass is 9.98. The van der Waals surface area contributed by atoms with Crippen molar-refractivity contribution < 1.29 is 33.8 Å². The maximum Gasteiger partial charge on any atom is 0.426 e. The number of carbonyl (C=O) groups is 4. The molecule has 0 saturated heterocycles. The number of carbonyl (C=O) groups excluding carboxylic acids is 3. The largest absolute Gasteiger partial charge is 0.489 e. The molecule has 0 bridgehead atoms. The van der Waals surface area contributed by atoms with Crippen LogP contribution in [0, 0.1) is 0 Å². The monoisotopic (exact) mass is 579 g/mol. The van der Waals surface area contributed by atoms with Gasteiger partial charge in [-0.1, -0.05) is 97.1 Å². The first-order valence-electron chi connectivity index (χ1n) is 13.6. The fraction of sp³-hybridized carbons (Fsp3) is 0.152. The van der Waals surface area contributed by atoms with E-state index in [1.165, 1.54) is 0 Å². The van der Waals surface area contributed by atoms with Crippen LogP contribution in [0.15, 0.2) is 103 Å². The van der Waals surface area contributed by atoms with Crippen molar-refractivity contribution in [3.63, 3.8) is 0 Å². The van der Waals surface area contributed by atoms with E-state index in [1.807, 2.05) is 78.9 Å². The van der Waals surface area contributed by atoms with Crippen LogP contribution in [0.3, 0.4) is 0 Å². The maximum atomic E-state index is 13.1. The molecule has 5 rings (SSSR count). The molecular formula is C33H29N3O7. The number of ether oxygens (including phenoxy) is 2. The zero-order valence-corrected chi connectivity index (χ0v) is 23.0. The number of carboxylic acid groups (broad SMARTS) is 1. The maximum absolute atomic E-state index is 13.1. The number of nitrogens with one attached hydrogen (secondary N) is 3. The molecule has 0 fully saturated rings. The van der Waals surface area contributed by atoms with Gasteiger partial charge in [0.05, 0.1) is 0 Å². The summed E-state index contributed by atoms with van der Waals surface area (Å²) < 4.78 is 11.4. The van der Waals surface area contributed by atoms with Crippen LogP contribution in [0.2, 0.25) is 0 Å². The topological polar surface area (TPSA) is 143 Å². The highest BCUT2D eigenvalue weighted by Gasteiger charge is 2.30. The molecule has 218 valence electrons. The van der Waals surface area contributed by atoms with Gasteiger partial charge < -0.3 is 19.9 Å². The Labute approximate surface area is 247 Å². The summed E-state index contributed by atoms with van der Waals surface area (Å²) in [6.45, 7) is 0.292. The first kappa shape index (κ1) is 28.9. The molecular weight excluding hydrogens is 550 g/mol. The molecule has 4 N–H and O–H groups in total. The van der Waals surface area contributed by atoms with Crippen molar-refractivity contribution >= 4 is 23.9 Å². The lowest BCUT2D eigenvalue weighted by molar-refractivity contribution is -0.151. The Kier molecular flexibility index (Phi) is 8.96. The highest BCUT2D eigenvalue weighted by Crippen LogP contribution is 2.44. The number of hydrazine groups is 1. The fourth-order valence-electron chi connectivity index (χ4n) is 5.03. The molecule has 1 aliphatic rings. The zero-order chi connectivity index (χ0) is 30.2. The normalized spacial score (nSPS) is 12.3. The van der Waals surface area contributed by atoms with E-state index in [2.05, 4.69) is 16.2 Å². The van der Waals surface area contributed by atoms with E-state index >= 15 is 0 Å². The molecule has 0 heterocycles. The number of hydrogen-bond donors (Lipinski definition) is 4. The second kappa shape index (κ2) is 13.3. The molecule has 1 atom stereocenters. The molecule has 4 aromatic carbocycles. The van der Waals surface area contributed by atoms with Crippen LogP contribution < -0.4 is 20.9 Å². The molecule has 0 radical (unpaired) electrons. The van der Waals surface area contributed by atoms with Gasteiger partial charge in [-0.3, -0.25) is 15.0 Å². The van der Waals surface area contributed by atoms with Gasteiger partial charge in [-0.2, -0.15) is 0 Å². The Morgan fingerprint density at radius 2 is 1.35 bits per heavy atom. The van der Waals surface area contributed by atoms with Gasteiger partial charge in [0.1, 0.15) is 25.0 Å². The Balaban J connectivity index is 1.21. The standard InChI is InChI=1S/C33H29N3O7/c37-30(35-36-33(41)43-20-27-25-15-7-5-13-23(25)24-14-6-8-16-26(24)27)28(34-31(38)32(39)40)18-22-12-4-9-17-29(22)42-19-21-10-2-1-3-11-21/h1-17,27-28H,18-20H2,(H,34,38)(H,35,37)(H,36,41)(H,39,40). The predicted molar refractivity (Wildman–Crippen MR) is 157 cm³/mol. The summed E-state index contributed by atoms with van der Waals surface area (Å²) in [5.74, 6) is -3.69. The summed E-state index contributed by atoms with van der Waals surface area (Å²) in [7, 11) is 0. The summed E-state index contributed by atoms with van der Waals surface area (Å²) in [6.07, 6.45) is -1.02. The van der Waals surface area contributed by atoms with E-state index in [-0.39, 0.29) is 25.6 Å². The van der Waals surface area contributed by atoms with Crippen molar-refractivity contribution in [3.8, 4) is 16.9 Å². The Bertz CT molecular complexity index is 1600. The van der Waals surface area contributed by atoms with Gasteiger partial charge in [0.25, 0.3) is 5.91 Å². The highest BCUT2D eigenvalue weighted by molar-refractivity contribution is 6.32. The van der Waals surface area contributed by atoms with E-state index < -0.39 is 29.9 Å². The number of carboxylic acids is 1. The predicted octanol–water partition coefficient (Wildman–Crippen LogP) is 3.95. The molecule has 10 heteroatoms. The second-order valence-corrected chi connectivity index (χ2v) is 9.86. The van der Waals surface area contributed by atoms with Gasteiger partial charge in [0.2, 0.25) is 0 Å². The van der Waals surface area contributed by atoms with Crippen molar-refractivity contribution in [2.45, 2.75) is 25.0 Å². The molecule has 0 saturated carbocycles. The summed E-state index contributed by atoms with van der Waals surface area (Å²) in [5, 5.41) is 11.3. The molecule has 43 heavy (non-hydrogen) atoms. The van der Waals surface area contributed by atoms with Crippen molar-refractivity contribution in [1.82, 2.24) is 16.2 Å². The van der Waals surface area contributed by atoms with Crippen LogP contribution >= 0.6 is 0 Å². The van der Waals surface area contributed by atoms with Crippen molar-refractivity contribution in [1.29, 1.82) is 0 Å². The summed E-state index contributed by atoms with van der Waals surface area (Å²) >= 11 is 0. The third-order valence-electron chi connectivity index (χ3n) is 7.08. The second-order valence-electron chi connectivity index (χ2n) is 9.86. The Morgan fingerprint density at radius 3 is 2.02 bits per heavy atom. The van der Waals surface area contributed by atoms with E-state index in [1.54, 1.807) is 24.3 Å². The van der Waals surface area contributed by atoms with Crippen LogP contribution in [0.25, 0.3) is 11.1 Å². The minimum Gasteiger partial charge on any atom is -0.489 e. The van der Waals surface area contributed by atoms with Gasteiger partial charge in [-0.25, -0.2) is 15.0 Å². The van der Waals surface area contributed by atoms with Crippen molar-refractivity contribution in [2.24, 2.45) is 0 Å². The highest BCUT2D eigenvalue weighted by atomic mass is 16.6. The number of aliphatic carboxylic acids is 1. The molecule has 1 aliphatic carbocycles. The van der Waals surface area contributed by atoms with Gasteiger partial charge >= 0.3 is 18.0 Å². The average Bonchev–Trinajstić information content (AvgIpc) is 3.35. The summed E-state index contributed by atoms with van der Waals surface area (Å²) in [6, 6.07) is 30.8. The van der Waals surface area contributed by atoms with E-state index in [4.69, 9.17) is 14.6 Å². The van der Waals surface area contributed by atoms with Crippen LogP contribution in [-0.2, 0) is 32.1 Å². The van der Waals surface area contributed by atoms with E-state index in [9.17, 15) is 19.2 Å². The SMILES string of the molecule is O=C(NNC(=O)C(Cc1ccccc1OCc1ccccc1)NC(=O)C(=O)O)OCC1c2ccccc2-c2ccccc21. The first-order chi connectivity index (χ1) is 20.9. The molecule has 3 amide bonds. The van der Waals surface area contributed by atoms with Crippen molar-refractivity contribution in [3.05, 3.63) is 125 Å². The fourth-order valence-corrected chi connectivity index (χ4v) is 5.03. The lowest BCUT2D eigenvalue weighted by Gasteiger charge is -2.20. The smallest absolute Gasteiger partial charge is 0.426 e. The third kappa shape index (κ3) is 6.99. The van der Waals surface area contributed by atoms with Gasteiger partial charge in [-0.15, -0.1) is 0 Å². The zero-order valence-electron chi connectivity index (χ0n) is 23.0. The number of rotatable bonds is 9. The summed E-state index contributed by atoms with van der Waals surface area (Å²) in [5.41, 5.74) is 10.1. The van der Waals surface area contributed by atoms with E-state index in [0.29, 0.717) is 11.3 Å².